The monoisotopic (exact) mass is 736 g/mol. The van der Waals surface area contributed by atoms with Crippen LogP contribution in [0, 0.1) is 29.6 Å². The Hall–Kier alpha value is -2.80. The Bertz CT molecular complexity index is 1270. The highest BCUT2D eigenvalue weighted by Gasteiger charge is 2.52. The second-order valence-corrected chi connectivity index (χ2v) is 16.0. The fourth-order valence-corrected chi connectivity index (χ4v) is 8.25. The summed E-state index contributed by atoms with van der Waals surface area (Å²) in [5.41, 5.74) is -1.24. The number of ether oxygens (including phenoxy) is 6. The van der Waals surface area contributed by atoms with Crippen molar-refractivity contribution >= 4 is 23.8 Å². The van der Waals surface area contributed by atoms with Crippen LogP contribution in [-0.4, -0.2) is 105 Å². The molecule has 0 aromatic rings. The number of ketones is 1. The summed E-state index contributed by atoms with van der Waals surface area (Å²) in [5, 5.41) is 2.54. The van der Waals surface area contributed by atoms with E-state index in [1.807, 2.05) is 52.8 Å². The zero-order valence-corrected chi connectivity index (χ0v) is 34.3. The molecule has 0 aromatic heterocycles. The predicted molar refractivity (Wildman–Crippen MR) is 199 cm³/mol. The van der Waals surface area contributed by atoms with Crippen LogP contribution in [-0.2, 0) is 42.8 Å². The largest absolute Gasteiger partial charge is 0.457 e. The number of hydrogen-bond donors (Lipinski definition) is 1. The Morgan fingerprint density at radius 3 is 2.13 bits per heavy atom. The number of carbonyl (C=O) groups is 4. The minimum absolute atomic E-state index is 0.104. The first-order valence-corrected chi connectivity index (χ1v) is 18.8. The number of alkyl carbamates (subject to hydrolysis) is 1. The highest BCUT2D eigenvalue weighted by atomic mass is 16.7. The molecule has 12 heteroatoms. The number of allylic oxidation sites excluding steroid dienone is 3. The summed E-state index contributed by atoms with van der Waals surface area (Å²) < 4.78 is 37.6. The van der Waals surface area contributed by atoms with Gasteiger partial charge in [-0.3, -0.25) is 14.4 Å². The molecule has 12 atom stereocenters. The highest BCUT2D eigenvalue weighted by Crippen LogP contribution is 2.42. The number of amides is 1. The molecule has 1 N–H and O–H groups in total. The maximum absolute atomic E-state index is 14.4. The maximum Gasteiger partial charge on any atom is 0.407 e. The number of unbranched alkanes of at least 4 members (excludes halogenated alkanes) is 1. The van der Waals surface area contributed by atoms with Gasteiger partial charge in [-0.25, -0.2) is 4.79 Å². The predicted octanol–water partition coefficient (Wildman–Crippen LogP) is 6.26. The number of likely N-dealkylation sites (N-methyl/N-ethyl adjacent to an activating group) is 1. The standard InChI is InChI=1S/C40H68N2O10/c1-16-17-18-19-30-24(4)21-39(10,47-15)35(51-37-33(49-29(9)43)31(42(13)14)20-26(6)48-37)27(7)32(44)28(8)36(45)50-34(23(2)3)40(11,22-25(30)5)52-38(46)41-12/h16,19,23-28,31,33-35,37H,1,17-18,20-22H2,2-15H3,(H,41,46)/b30-19+/t24-,25-,26-,27+,28-,31+,33-,34?,35-,37+,39-,40+/m1/s1. The van der Waals surface area contributed by atoms with Crippen molar-refractivity contribution in [3.63, 3.8) is 0 Å². The smallest absolute Gasteiger partial charge is 0.407 e. The maximum atomic E-state index is 14.4. The molecule has 0 aliphatic carbocycles. The molecule has 1 unspecified atom stereocenters. The van der Waals surface area contributed by atoms with Crippen LogP contribution >= 0.6 is 0 Å². The van der Waals surface area contributed by atoms with Crippen LogP contribution in [0.15, 0.2) is 24.3 Å². The van der Waals surface area contributed by atoms with Gasteiger partial charge in [-0.05, 0) is 91.6 Å². The lowest BCUT2D eigenvalue weighted by Crippen LogP contribution is -2.60. The number of methoxy groups -OCH3 is 1. The summed E-state index contributed by atoms with van der Waals surface area (Å²) in [6, 6.07) is -0.219. The van der Waals surface area contributed by atoms with Crippen LogP contribution in [0.4, 0.5) is 4.79 Å². The second kappa shape index (κ2) is 19.5. The Balaban J connectivity index is 2.83. The number of Topliss-reactive ketones (excluding diaryl/α,β-unsaturated/α-hetero) is 1. The van der Waals surface area contributed by atoms with E-state index in [1.54, 1.807) is 21.0 Å². The van der Waals surface area contributed by atoms with Crippen LogP contribution in [0.1, 0.15) is 101 Å². The van der Waals surface area contributed by atoms with Gasteiger partial charge in [0.1, 0.15) is 17.6 Å². The first-order valence-electron chi connectivity index (χ1n) is 18.8. The van der Waals surface area contributed by atoms with Gasteiger partial charge in [0, 0.05) is 27.0 Å². The van der Waals surface area contributed by atoms with Crippen LogP contribution in [0.5, 0.6) is 0 Å². The van der Waals surface area contributed by atoms with E-state index in [-0.39, 0.29) is 29.9 Å². The third-order valence-electron chi connectivity index (χ3n) is 10.9. The van der Waals surface area contributed by atoms with Crippen molar-refractivity contribution < 1.29 is 47.6 Å². The summed E-state index contributed by atoms with van der Waals surface area (Å²) in [5.74, 6) is -4.20. The quantitative estimate of drug-likeness (QED) is 0.0895. The molecule has 2 saturated heterocycles. The molecule has 298 valence electrons. The second-order valence-electron chi connectivity index (χ2n) is 16.0. The molecule has 0 bridgehead atoms. The molecule has 12 nitrogen and oxygen atoms in total. The molecule has 0 spiro atoms. The van der Waals surface area contributed by atoms with E-state index in [0.29, 0.717) is 19.3 Å². The van der Waals surface area contributed by atoms with E-state index in [0.717, 1.165) is 18.4 Å². The molecule has 0 saturated carbocycles. The summed E-state index contributed by atoms with van der Waals surface area (Å²) >= 11 is 0. The van der Waals surface area contributed by atoms with E-state index in [2.05, 4.69) is 31.8 Å². The van der Waals surface area contributed by atoms with Gasteiger partial charge >= 0.3 is 18.0 Å². The summed E-state index contributed by atoms with van der Waals surface area (Å²) in [6.45, 7) is 22.1. The van der Waals surface area contributed by atoms with Gasteiger partial charge in [-0.15, -0.1) is 6.58 Å². The van der Waals surface area contributed by atoms with Gasteiger partial charge in [0.15, 0.2) is 18.2 Å². The molecule has 2 fully saturated rings. The average molecular weight is 737 g/mol. The number of esters is 2. The van der Waals surface area contributed by atoms with Crippen molar-refractivity contribution in [1.82, 2.24) is 10.2 Å². The number of nitrogens with zero attached hydrogens (tertiary/aromatic N) is 1. The Labute approximate surface area is 312 Å². The van der Waals surface area contributed by atoms with E-state index < -0.39 is 71.5 Å². The van der Waals surface area contributed by atoms with Gasteiger partial charge in [0.2, 0.25) is 0 Å². The van der Waals surface area contributed by atoms with Crippen LogP contribution in [0.2, 0.25) is 0 Å². The number of nitrogens with one attached hydrogen (secondary N) is 1. The molecule has 52 heavy (non-hydrogen) atoms. The molecule has 1 amide bonds. The fourth-order valence-electron chi connectivity index (χ4n) is 8.25. The lowest BCUT2D eigenvalue weighted by atomic mass is 9.72. The van der Waals surface area contributed by atoms with Gasteiger partial charge in [0.05, 0.1) is 23.9 Å². The van der Waals surface area contributed by atoms with Crippen LogP contribution < -0.4 is 5.32 Å². The molecule has 2 rings (SSSR count). The van der Waals surface area contributed by atoms with Crippen molar-refractivity contribution in [2.24, 2.45) is 29.6 Å². The van der Waals surface area contributed by atoms with Crippen molar-refractivity contribution in [2.75, 3.05) is 28.3 Å². The number of rotatable bonds is 10. The number of cyclic esters (lactones) is 1. The van der Waals surface area contributed by atoms with Gasteiger partial charge in [0.25, 0.3) is 0 Å². The molecule has 2 aliphatic rings. The molecular formula is C40H68N2O10. The molecule has 2 heterocycles. The summed E-state index contributed by atoms with van der Waals surface area (Å²) in [7, 11) is 6.89. The van der Waals surface area contributed by atoms with Crippen molar-refractivity contribution in [1.29, 1.82) is 0 Å². The first kappa shape index (κ1) is 45.4. The van der Waals surface area contributed by atoms with E-state index in [4.69, 9.17) is 28.4 Å². The Kier molecular flexibility index (Phi) is 17.0. The highest BCUT2D eigenvalue weighted by molar-refractivity contribution is 6.00. The zero-order valence-electron chi connectivity index (χ0n) is 34.3. The van der Waals surface area contributed by atoms with Crippen molar-refractivity contribution in [3.8, 4) is 0 Å². The van der Waals surface area contributed by atoms with Crippen molar-refractivity contribution in [3.05, 3.63) is 24.3 Å². The average Bonchev–Trinajstić information content (AvgIpc) is 3.06. The van der Waals surface area contributed by atoms with Gasteiger partial charge < -0.3 is 38.6 Å². The fraction of sp³-hybridized carbons (Fsp3) is 0.800. The first-order chi connectivity index (χ1) is 24.2. The van der Waals surface area contributed by atoms with E-state index >= 15 is 0 Å². The van der Waals surface area contributed by atoms with Crippen LogP contribution in [0.3, 0.4) is 0 Å². The third-order valence-corrected chi connectivity index (χ3v) is 10.9. The Morgan fingerprint density at radius 2 is 1.63 bits per heavy atom. The summed E-state index contributed by atoms with van der Waals surface area (Å²) in [4.78, 5) is 55.5. The molecule has 0 aromatic carbocycles. The van der Waals surface area contributed by atoms with Gasteiger partial charge in [-0.1, -0.05) is 52.3 Å². The molecular weight excluding hydrogens is 668 g/mol. The zero-order chi connectivity index (χ0) is 39.7. The lowest BCUT2D eigenvalue weighted by molar-refractivity contribution is -0.298. The lowest BCUT2D eigenvalue weighted by Gasteiger charge is -2.48. The number of hydrogen-bond acceptors (Lipinski definition) is 11. The SMILES string of the molecule is C=CCC/C=C1\[C@H](C)C[C@@](C)(OC)[C@H](O[C@@H]2O[C@H](C)C[C@H](N(C)C)[C@H]2OC(C)=O)[C@@H](C)C(=O)[C@@H](C)C(=O)OC(C(C)C)[C@@](C)(OC(=O)NC)C[C@H]1C. The molecule has 0 radical (unpaired) electrons. The van der Waals surface area contributed by atoms with Crippen LogP contribution in [0.25, 0.3) is 0 Å². The minimum atomic E-state index is -1.24. The van der Waals surface area contributed by atoms with E-state index in [1.165, 1.54) is 20.9 Å². The van der Waals surface area contributed by atoms with Crippen molar-refractivity contribution in [2.45, 2.75) is 149 Å². The van der Waals surface area contributed by atoms with Gasteiger partial charge in [-0.2, -0.15) is 0 Å². The summed E-state index contributed by atoms with van der Waals surface area (Å²) in [6.07, 6.45) is 2.43. The normalized spacial score (nSPS) is 37.7. The molecule has 2 aliphatic heterocycles. The number of carbonyl (C=O) groups excluding carboxylic acids is 4. The van der Waals surface area contributed by atoms with E-state index in [9.17, 15) is 19.2 Å². The topological polar surface area (TPSA) is 139 Å². The Morgan fingerprint density at radius 1 is 1.04 bits per heavy atom. The third kappa shape index (κ3) is 11.4. The minimum Gasteiger partial charge on any atom is -0.457 e.